The summed E-state index contributed by atoms with van der Waals surface area (Å²) in [6.45, 7) is 5.15. The second-order valence-electron chi connectivity index (χ2n) is 10.5. The van der Waals surface area contributed by atoms with Gasteiger partial charge in [-0.2, -0.15) is 0 Å². The van der Waals surface area contributed by atoms with Gasteiger partial charge in [-0.3, -0.25) is 4.79 Å². The van der Waals surface area contributed by atoms with Crippen molar-refractivity contribution < 1.29 is 19.3 Å². The number of carbonyl (C=O) groups excluding carboxylic acids is 2. The Balaban J connectivity index is 1.42. The van der Waals surface area contributed by atoms with Crippen molar-refractivity contribution in [3.8, 4) is 0 Å². The van der Waals surface area contributed by atoms with Gasteiger partial charge in [-0.15, -0.1) is 0 Å². The monoisotopic (exact) mass is 518 g/mol. The number of aromatic amines is 1. The number of amides is 2. The summed E-state index contributed by atoms with van der Waals surface area (Å²) in [4.78, 5) is 29.6. The van der Waals surface area contributed by atoms with Crippen molar-refractivity contribution in [1.29, 1.82) is 0 Å². The van der Waals surface area contributed by atoms with Crippen LogP contribution in [0.15, 0.2) is 60.8 Å². The molecule has 1 aliphatic carbocycles. The largest absolute Gasteiger partial charge is 0.445 e. The van der Waals surface area contributed by atoms with Gasteiger partial charge in [0, 0.05) is 29.6 Å². The van der Waals surface area contributed by atoms with Gasteiger partial charge in [0.25, 0.3) is 0 Å². The van der Waals surface area contributed by atoms with Crippen LogP contribution in [0.2, 0.25) is 6.82 Å². The molecule has 38 heavy (non-hydrogen) atoms. The fourth-order valence-electron chi connectivity index (χ4n) is 5.42. The van der Waals surface area contributed by atoms with Crippen LogP contribution in [0.1, 0.15) is 49.7 Å². The molecular weight excluding hydrogens is 479 g/mol. The van der Waals surface area contributed by atoms with Crippen molar-refractivity contribution >= 4 is 30.0 Å². The van der Waals surface area contributed by atoms with Gasteiger partial charge in [0.2, 0.25) is 5.91 Å². The lowest BCUT2D eigenvalue weighted by Crippen LogP contribution is -2.50. The standard InChI is InChI=1S/C29H39BN4O4/c1-20(25-18-31-26-14-7-6-13-24(25)26)27(34-29(36)38-19-21-9-4-3-5-10-21)28(35)32-16-22-11-8-12-23(15-22)17-33-30(2)37/h3-7,9-10,13-14,18,20,22-23,27,31,33,37H,8,11-12,15-17,19H2,1-2H3,(H,32,35)(H,34,36)/t20-,22+,23-,27+/m0/s1. The molecule has 4 atom stereocenters. The number of hydrogen-bond donors (Lipinski definition) is 5. The number of nitrogens with one attached hydrogen (secondary N) is 4. The number of aromatic nitrogens is 1. The Hall–Kier alpha value is -3.30. The van der Waals surface area contributed by atoms with E-state index >= 15 is 0 Å². The van der Waals surface area contributed by atoms with Gasteiger partial charge in [0.15, 0.2) is 0 Å². The van der Waals surface area contributed by atoms with E-state index in [4.69, 9.17) is 4.74 Å². The quantitative estimate of drug-likeness (QED) is 0.244. The summed E-state index contributed by atoms with van der Waals surface area (Å²) in [5.74, 6) is 0.336. The molecule has 9 heteroatoms. The minimum atomic E-state index is -0.797. The average Bonchev–Trinajstić information content (AvgIpc) is 3.37. The Labute approximate surface area is 225 Å². The fourth-order valence-corrected chi connectivity index (χ4v) is 5.42. The van der Waals surface area contributed by atoms with Crippen LogP contribution < -0.4 is 15.9 Å². The highest BCUT2D eigenvalue weighted by Gasteiger charge is 2.31. The summed E-state index contributed by atoms with van der Waals surface area (Å²) in [5, 5.41) is 19.6. The Kier molecular flexibility index (Phi) is 9.84. The molecular formula is C29H39BN4O4. The van der Waals surface area contributed by atoms with Crippen molar-refractivity contribution in [3.63, 3.8) is 0 Å². The zero-order valence-electron chi connectivity index (χ0n) is 22.3. The predicted octanol–water partition coefficient (Wildman–Crippen LogP) is 4.19. The lowest BCUT2D eigenvalue weighted by atomic mass is 9.79. The van der Waals surface area contributed by atoms with Crippen LogP contribution in [0.25, 0.3) is 10.9 Å². The van der Waals surface area contributed by atoms with E-state index in [1.165, 1.54) is 0 Å². The smallest absolute Gasteiger partial charge is 0.408 e. The maximum atomic E-state index is 13.5. The van der Waals surface area contributed by atoms with Crippen molar-refractivity contribution in [1.82, 2.24) is 20.8 Å². The van der Waals surface area contributed by atoms with E-state index in [2.05, 4.69) is 20.8 Å². The molecule has 0 spiro atoms. The number of rotatable bonds is 11. The molecule has 8 nitrogen and oxygen atoms in total. The number of alkyl carbamates (subject to hydrolysis) is 1. The first-order chi connectivity index (χ1) is 18.4. The van der Waals surface area contributed by atoms with Crippen LogP contribution in [0.4, 0.5) is 4.79 Å². The third-order valence-electron chi connectivity index (χ3n) is 7.54. The maximum absolute atomic E-state index is 13.5. The number of ether oxygens (including phenoxy) is 1. The normalized spacial score (nSPS) is 18.9. The first kappa shape index (κ1) is 27.7. The zero-order valence-corrected chi connectivity index (χ0v) is 22.3. The van der Waals surface area contributed by atoms with Gasteiger partial charge < -0.3 is 30.6 Å². The molecule has 1 fully saturated rings. The molecule has 1 aromatic heterocycles. The number of fused-ring (bicyclic) bond motifs is 1. The first-order valence-electron chi connectivity index (χ1n) is 13.6. The van der Waals surface area contributed by atoms with E-state index in [0.29, 0.717) is 18.4 Å². The van der Waals surface area contributed by atoms with E-state index in [1.807, 2.05) is 67.7 Å². The first-order valence-corrected chi connectivity index (χ1v) is 13.6. The third-order valence-corrected chi connectivity index (χ3v) is 7.54. The summed E-state index contributed by atoms with van der Waals surface area (Å²) in [5.41, 5.74) is 2.83. The summed E-state index contributed by atoms with van der Waals surface area (Å²) in [6, 6.07) is 16.6. The van der Waals surface area contributed by atoms with Gasteiger partial charge in [-0.25, -0.2) is 4.79 Å². The molecule has 0 unspecified atom stereocenters. The molecule has 1 heterocycles. The lowest BCUT2D eigenvalue weighted by Gasteiger charge is -2.31. The molecule has 4 rings (SSSR count). The van der Waals surface area contributed by atoms with Gasteiger partial charge in [0.1, 0.15) is 12.6 Å². The molecule has 202 valence electrons. The van der Waals surface area contributed by atoms with Crippen molar-refractivity contribution in [3.05, 3.63) is 71.9 Å². The summed E-state index contributed by atoms with van der Waals surface area (Å²) >= 11 is 0. The van der Waals surface area contributed by atoms with Crippen LogP contribution in [-0.2, 0) is 16.1 Å². The molecule has 1 saturated carbocycles. The molecule has 0 radical (unpaired) electrons. The summed E-state index contributed by atoms with van der Waals surface area (Å²) in [6.07, 6.45) is 5.57. The lowest BCUT2D eigenvalue weighted by molar-refractivity contribution is -0.123. The fraction of sp³-hybridized carbons (Fsp3) is 0.448. The summed E-state index contributed by atoms with van der Waals surface area (Å²) < 4.78 is 5.45. The summed E-state index contributed by atoms with van der Waals surface area (Å²) in [7, 11) is -0.519. The highest BCUT2D eigenvalue weighted by Crippen LogP contribution is 2.30. The van der Waals surface area contributed by atoms with E-state index in [1.54, 1.807) is 6.82 Å². The second-order valence-corrected chi connectivity index (χ2v) is 10.5. The number of para-hydroxylation sites is 1. The molecule has 1 aliphatic rings. The highest BCUT2D eigenvalue weighted by molar-refractivity contribution is 6.45. The molecule has 2 aromatic carbocycles. The van der Waals surface area contributed by atoms with Crippen LogP contribution in [0.3, 0.4) is 0 Å². The number of H-pyrrole nitrogens is 1. The van der Waals surface area contributed by atoms with Crippen LogP contribution in [0, 0.1) is 11.8 Å². The van der Waals surface area contributed by atoms with E-state index < -0.39 is 19.2 Å². The van der Waals surface area contributed by atoms with E-state index in [-0.39, 0.29) is 18.4 Å². The number of carbonyl (C=O) groups is 2. The zero-order chi connectivity index (χ0) is 26.9. The molecule has 0 aliphatic heterocycles. The molecule has 3 aromatic rings. The SMILES string of the molecule is CB(O)NC[C@H]1CCC[C@@H](CNC(=O)[C@H](NC(=O)OCc2ccccc2)[C@@H](C)c2c[nH]c3ccccc23)C1. The van der Waals surface area contributed by atoms with Crippen molar-refractivity contribution in [2.24, 2.45) is 11.8 Å². The van der Waals surface area contributed by atoms with Crippen molar-refractivity contribution in [2.45, 2.75) is 58.0 Å². The van der Waals surface area contributed by atoms with Gasteiger partial charge in [-0.1, -0.05) is 61.9 Å². The minimum Gasteiger partial charge on any atom is -0.445 e. The molecule has 0 saturated heterocycles. The van der Waals surface area contributed by atoms with Crippen LogP contribution in [-0.4, -0.2) is 48.2 Å². The number of benzene rings is 2. The average molecular weight is 518 g/mol. The maximum Gasteiger partial charge on any atom is 0.408 e. The van der Waals surface area contributed by atoms with Crippen molar-refractivity contribution in [2.75, 3.05) is 13.1 Å². The topological polar surface area (TPSA) is 115 Å². The van der Waals surface area contributed by atoms with E-state index in [9.17, 15) is 14.6 Å². The molecule has 0 bridgehead atoms. The highest BCUT2D eigenvalue weighted by atomic mass is 16.5. The predicted molar refractivity (Wildman–Crippen MR) is 151 cm³/mol. The minimum absolute atomic E-state index is 0.131. The van der Waals surface area contributed by atoms with Crippen LogP contribution >= 0.6 is 0 Å². The molecule has 2 amide bonds. The third kappa shape index (κ3) is 7.62. The molecule has 5 N–H and O–H groups in total. The van der Waals surface area contributed by atoms with Gasteiger partial charge in [0.05, 0.1) is 0 Å². The van der Waals surface area contributed by atoms with Crippen LogP contribution in [0.5, 0.6) is 0 Å². The Morgan fingerprint density at radius 2 is 1.79 bits per heavy atom. The van der Waals surface area contributed by atoms with E-state index in [0.717, 1.165) is 54.3 Å². The Morgan fingerprint density at radius 3 is 2.55 bits per heavy atom. The van der Waals surface area contributed by atoms with Gasteiger partial charge in [-0.05, 0) is 61.7 Å². The Morgan fingerprint density at radius 1 is 1.08 bits per heavy atom. The number of hydrogen-bond acceptors (Lipinski definition) is 5. The second kappa shape index (κ2) is 13.5. The van der Waals surface area contributed by atoms with Gasteiger partial charge >= 0.3 is 13.1 Å². The Bertz CT molecular complexity index is 1190.